The molecule has 1 atom stereocenters. The first-order chi connectivity index (χ1) is 11.7. The molecule has 1 aliphatic rings. The lowest BCUT2D eigenvalue weighted by Gasteiger charge is -2.27. The van der Waals surface area contributed by atoms with Crippen molar-refractivity contribution in [2.45, 2.75) is 36.2 Å². The lowest BCUT2D eigenvalue weighted by atomic mass is 9.98. The van der Waals surface area contributed by atoms with E-state index in [4.69, 9.17) is 4.74 Å². The molecule has 2 aromatic rings. The Hall–Kier alpha value is -1.49. The van der Waals surface area contributed by atoms with Gasteiger partial charge in [-0.15, -0.1) is 0 Å². The van der Waals surface area contributed by atoms with E-state index in [1.165, 1.54) is 32.0 Å². The van der Waals surface area contributed by atoms with Gasteiger partial charge in [-0.05, 0) is 54.7 Å². The van der Waals surface area contributed by atoms with Crippen LogP contribution in [0.5, 0.6) is 5.75 Å². The van der Waals surface area contributed by atoms with Crippen LogP contribution in [0.1, 0.15) is 22.3 Å². The Bertz CT molecular complexity index is 780. The van der Waals surface area contributed by atoms with Crippen molar-refractivity contribution in [3.8, 4) is 5.75 Å². The van der Waals surface area contributed by atoms with Crippen molar-refractivity contribution in [1.29, 1.82) is 0 Å². The summed E-state index contributed by atoms with van der Waals surface area (Å²) in [6.07, 6.45) is 0.475. The highest BCUT2D eigenvalue weighted by atomic mass is 32.2. The fourth-order valence-electron chi connectivity index (χ4n) is 3.29. The number of fused-ring (bicyclic) bond motifs is 2. The normalized spacial score (nSPS) is 14.6. The summed E-state index contributed by atoms with van der Waals surface area (Å²) in [6, 6.07) is 10.8. The van der Waals surface area contributed by atoms with Crippen LogP contribution < -0.4 is 4.74 Å². The van der Waals surface area contributed by atoms with Crippen molar-refractivity contribution in [2.75, 3.05) is 34.3 Å². The largest absolute Gasteiger partial charge is 0.490 e. The van der Waals surface area contributed by atoms with Gasteiger partial charge in [0.1, 0.15) is 25.0 Å². The Morgan fingerprint density at radius 1 is 1.12 bits per heavy atom. The molecule has 0 saturated carbocycles. The number of ether oxygens (including phenoxy) is 1. The first-order valence-corrected chi connectivity index (χ1v) is 9.56. The molecule has 0 amide bonds. The predicted molar refractivity (Wildman–Crippen MR) is 104 cm³/mol. The number of aliphatic hydroxyl groups is 1. The molecule has 0 aromatic heterocycles. The maximum Gasteiger partial charge on any atom is 0.137 e. The number of nitrogens with zero attached hydrogens (tertiary/aromatic N) is 1. The zero-order valence-corrected chi connectivity index (χ0v) is 16.6. The number of rotatable bonds is 5. The van der Waals surface area contributed by atoms with E-state index in [0.717, 1.165) is 16.7 Å². The molecule has 3 rings (SSSR count). The Kier molecular flexibility index (Phi) is 5.14. The Morgan fingerprint density at radius 3 is 2.56 bits per heavy atom. The smallest absolute Gasteiger partial charge is 0.137 e. The maximum atomic E-state index is 10.2. The Labute approximate surface area is 155 Å². The fraction of sp³-hybridized carbons (Fsp3) is 0.429. The minimum absolute atomic E-state index is 0.332. The summed E-state index contributed by atoms with van der Waals surface area (Å²) >= 11 is 1.86. The molecular formula is C21H28NO2S+. The summed E-state index contributed by atoms with van der Waals surface area (Å²) in [5.41, 5.74) is 5.15. The van der Waals surface area contributed by atoms with Gasteiger partial charge in [0, 0.05) is 9.79 Å². The number of benzene rings is 2. The van der Waals surface area contributed by atoms with Crippen LogP contribution in [0.4, 0.5) is 0 Å². The van der Waals surface area contributed by atoms with Crippen LogP contribution in [0, 0.1) is 13.8 Å². The predicted octanol–water partition coefficient (Wildman–Crippen LogP) is 3.80. The van der Waals surface area contributed by atoms with Crippen LogP contribution >= 0.6 is 11.8 Å². The molecule has 0 saturated heterocycles. The third-order valence-corrected chi connectivity index (χ3v) is 6.02. The van der Waals surface area contributed by atoms with Gasteiger partial charge in [-0.1, -0.05) is 30.0 Å². The van der Waals surface area contributed by atoms with E-state index in [-0.39, 0.29) is 0 Å². The van der Waals surface area contributed by atoms with Crippen LogP contribution in [0.25, 0.3) is 0 Å². The van der Waals surface area contributed by atoms with Gasteiger partial charge in [-0.25, -0.2) is 0 Å². The van der Waals surface area contributed by atoms with Gasteiger partial charge >= 0.3 is 0 Å². The molecule has 1 heterocycles. The Morgan fingerprint density at radius 2 is 1.84 bits per heavy atom. The number of hydrogen-bond donors (Lipinski definition) is 1. The van der Waals surface area contributed by atoms with Crippen molar-refractivity contribution in [1.82, 2.24) is 0 Å². The van der Waals surface area contributed by atoms with Crippen LogP contribution in [0.2, 0.25) is 0 Å². The molecule has 25 heavy (non-hydrogen) atoms. The second kappa shape index (κ2) is 7.02. The van der Waals surface area contributed by atoms with E-state index < -0.39 is 6.10 Å². The van der Waals surface area contributed by atoms with Crippen LogP contribution in [-0.2, 0) is 6.42 Å². The highest BCUT2D eigenvalue weighted by molar-refractivity contribution is 7.99. The third kappa shape index (κ3) is 4.20. The van der Waals surface area contributed by atoms with Gasteiger partial charge in [-0.2, -0.15) is 0 Å². The van der Waals surface area contributed by atoms with Gasteiger partial charge in [0.05, 0.1) is 21.1 Å². The van der Waals surface area contributed by atoms with Crippen LogP contribution in [0.15, 0.2) is 40.1 Å². The molecule has 4 heteroatoms. The van der Waals surface area contributed by atoms with Gasteiger partial charge in [0.15, 0.2) is 0 Å². The number of hydrogen-bond acceptors (Lipinski definition) is 3. The summed E-state index contributed by atoms with van der Waals surface area (Å²) in [7, 11) is 6.23. The van der Waals surface area contributed by atoms with E-state index in [1.54, 1.807) is 0 Å². The molecule has 0 spiro atoms. The molecule has 1 N–H and O–H groups in total. The minimum atomic E-state index is -0.467. The zero-order chi connectivity index (χ0) is 18.2. The van der Waals surface area contributed by atoms with Crippen LogP contribution in [0.3, 0.4) is 0 Å². The topological polar surface area (TPSA) is 29.5 Å². The first-order valence-electron chi connectivity index (χ1n) is 8.75. The van der Waals surface area contributed by atoms with Crippen molar-refractivity contribution in [3.63, 3.8) is 0 Å². The first kappa shape index (κ1) is 18.3. The molecule has 134 valence electrons. The molecular weight excluding hydrogens is 330 g/mol. The molecule has 0 aliphatic carbocycles. The van der Waals surface area contributed by atoms with Gasteiger partial charge < -0.3 is 14.3 Å². The lowest BCUT2D eigenvalue weighted by molar-refractivity contribution is -0.873. The van der Waals surface area contributed by atoms with Crippen molar-refractivity contribution in [2.24, 2.45) is 0 Å². The molecule has 1 aliphatic heterocycles. The molecule has 3 nitrogen and oxygen atoms in total. The maximum absolute atomic E-state index is 10.2. The molecule has 2 aromatic carbocycles. The summed E-state index contributed by atoms with van der Waals surface area (Å²) in [4.78, 5) is 2.71. The SMILES string of the molecule is Cc1c(OCC(O)C[N+](C)(C)C)cc2c(c1C)Sc1ccccc1C2. The average Bonchev–Trinajstić information content (AvgIpc) is 2.54. The summed E-state index contributed by atoms with van der Waals surface area (Å²) in [6.45, 7) is 5.28. The highest BCUT2D eigenvalue weighted by Gasteiger charge is 2.22. The van der Waals surface area contributed by atoms with Crippen molar-refractivity contribution < 1.29 is 14.3 Å². The molecule has 0 bridgehead atoms. The zero-order valence-electron chi connectivity index (χ0n) is 15.8. The van der Waals surface area contributed by atoms with Gasteiger partial charge in [0.25, 0.3) is 0 Å². The van der Waals surface area contributed by atoms with E-state index in [1.807, 2.05) is 11.8 Å². The number of likely N-dealkylation sites (N-methyl/N-ethyl adjacent to an activating group) is 1. The second-order valence-corrected chi connectivity index (χ2v) is 8.99. The molecule has 0 fully saturated rings. The standard InChI is InChI=1S/C21H28NO2S/c1-14-15(2)21-17(10-16-8-6-7-9-20(16)25-21)11-19(14)24-13-18(23)12-22(3,4)5/h6-9,11,18,23H,10,12-13H2,1-5H3/q+1. The van der Waals surface area contributed by atoms with E-state index in [9.17, 15) is 5.11 Å². The molecule has 0 radical (unpaired) electrons. The summed E-state index contributed by atoms with van der Waals surface area (Å²) < 4.78 is 6.73. The fourth-order valence-corrected chi connectivity index (χ4v) is 4.49. The van der Waals surface area contributed by atoms with Gasteiger partial charge in [-0.3, -0.25) is 0 Å². The van der Waals surface area contributed by atoms with Gasteiger partial charge in [0.2, 0.25) is 0 Å². The van der Waals surface area contributed by atoms with Crippen LogP contribution in [-0.4, -0.2) is 50.0 Å². The number of quaternary nitrogens is 1. The van der Waals surface area contributed by atoms with E-state index in [0.29, 0.717) is 13.2 Å². The highest BCUT2D eigenvalue weighted by Crippen LogP contribution is 2.44. The summed E-state index contributed by atoms with van der Waals surface area (Å²) in [5, 5.41) is 10.2. The summed E-state index contributed by atoms with van der Waals surface area (Å²) in [5.74, 6) is 0.900. The number of aliphatic hydroxyl groups excluding tert-OH is 1. The van der Waals surface area contributed by atoms with Crippen molar-refractivity contribution >= 4 is 11.8 Å². The van der Waals surface area contributed by atoms with E-state index >= 15 is 0 Å². The molecule has 1 unspecified atom stereocenters. The van der Waals surface area contributed by atoms with E-state index in [2.05, 4.69) is 65.3 Å². The lowest BCUT2D eigenvalue weighted by Crippen LogP contribution is -2.43. The quantitative estimate of drug-likeness (QED) is 0.704. The third-order valence-electron chi connectivity index (χ3n) is 4.62. The second-order valence-electron chi connectivity index (χ2n) is 7.94. The monoisotopic (exact) mass is 358 g/mol. The van der Waals surface area contributed by atoms with Crippen molar-refractivity contribution in [3.05, 3.63) is 52.6 Å². The minimum Gasteiger partial charge on any atom is -0.490 e. The Balaban J connectivity index is 1.80. The average molecular weight is 359 g/mol.